The fourth-order valence-corrected chi connectivity index (χ4v) is 3.69. The van der Waals surface area contributed by atoms with Gasteiger partial charge in [0.05, 0.1) is 18.6 Å². The molecular weight excluding hydrogens is 428 g/mol. The molecule has 0 saturated heterocycles. The molecule has 0 aliphatic carbocycles. The van der Waals surface area contributed by atoms with Crippen molar-refractivity contribution in [3.05, 3.63) is 42.2 Å². The number of Topliss-reactive ketones (excluding diaryl/α,β-unsaturated/α-hetero) is 1. The average Bonchev–Trinajstić information content (AvgIpc) is 2.70. The number of thioether (sulfide) groups is 1. The molecule has 0 aliphatic rings. The molecule has 0 amide bonds. The van der Waals surface area contributed by atoms with Crippen LogP contribution < -0.4 is 9.46 Å². The van der Waals surface area contributed by atoms with E-state index >= 15 is 0 Å². The second-order valence-corrected chi connectivity index (χ2v) is 9.41. The van der Waals surface area contributed by atoms with E-state index in [0.717, 1.165) is 24.7 Å². The SMILES string of the molecule is CC(=O)SCC(=O)c1ccc(NS(=O)(=O)c2ccc(OCCCN(C)C)nc2)nc1. The van der Waals surface area contributed by atoms with Crippen LogP contribution in [-0.4, -0.2) is 67.2 Å². The Balaban J connectivity index is 1.95. The van der Waals surface area contributed by atoms with E-state index in [-0.39, 0.29) is 27.4 Å². The molecule has 11 heteroatoms. The Kier molecular flexibility index (Phi) is 8.75. The first kappa shape index (κ1) is 23.8. The van der Waals surface area contributed by atoms with Crippen LogP contribution in [0.2, 0.25) is 0 Å². The maximum Gasteiger partial charge on any atom is 0.264 e. The third kappa shape index (κ3) is 7.73. The molecule has 0 fully saturated rings. The van der Waals surface area contributed by atoms with Crippen molar-refractivity contribution in [2.45, 2.75) is 18.2 Å². The first-order valence-electron chi connectivity index (χ1n) is 9.06. The molecule has 0 aliphatic heterocycles. The first-order valence-corrected chi connectivity index (χ1v) is 11.5. The lowest BCUT2D eigenvalue weighted by Crippen LogP contribution is -2.16. The van der Waals surface area contributed by atoms with E-state index in [0.29, 0.717) is 18.1 Å². The van der Waals surface area contributed by atoms with E-state index in [1.807, 2.05) is 19.0 Å². The van der Waals surface area contributed by atoms with Crippen LogP contribution in [0.1, 0.15) is 23.7 Å². The summed E-state index contributed by atoms with van der Waals surface area (Å²) < 4.78 is 32.8. The highest BCUT2D eigenvalue weighted by molar-refractivity contribution is 8.14. The molecule has 0 unspecified atom stereocenters. The van der Waals surface area contributed by atoms with Gasteiger partial charge in [0.2, 0.25) is 5.88 Å². The lowest BCUT2D eigenvalue weighted by atomic mass is 10.2. The van der Waals surface area contributed by atoms with Gasteiger partial charge in [-0.2, -0.15) is 0 Å². The smallest absolute Gasteiger partial charge is 0.264 e. The number of carbonyl (C=O) groups is 2. The predicted molar refractivity (Wildman–Crippen MR) is 115 cm³/mol. The fourth-order valence-electron chi connectivity index (χ4n) is 2.23. The average molecular weight is 453 g/mol. The molecule has 162 valence electrons. The minimum Gasteiger partial charge on any atom is -0.478 e. The number of sulfonamides is 1. The minimum atomic E-state index is -3.89. The summed E-state index contributed by atoms with van der Waals surface area (Å²) in [6.45, 7) is 2.74. The number of hydrogen-bond donors (Lipinski definition) is 1. The zero-order valence-corrected chi connectivity index (χ0v) is 18.6. The maximum absolute atomic E-state index is 12.5. The number of pyridine rings is 2. The Morgan fingerprint density at radius 3 is 2.47 bits per heavy atom. The number of ketones is 1. The van der Waals surface area contributed by atoms with Gasteiger partial charge in [0, 0.05) is 31.3 Å². The van der Waals surface area contributed by atoms with Crippen LogP contribution in [0.25, 0.3) is 0 Å². The molecule has 2 aromatic rings. The van der Waals surface area contributed by atoms with E-state index in [9.17, 15) is 18.0 Å². The van der Waals surface area contributed by atoms with Gasteiger partial charge in [-0.1, -0.05) is 11.8 Å². The summed E-state index contributed by atoms with van der Waals surface area (Å²) in [5.74, 6) is 0.159. The topological polar surface area (TPSA) is 119 Å². The van der Waals surface area contributed by atoms with Crippen LogP contribution >= 0.6 is 11.8 Å². The minimum absolute atomic E-state index is 0.0112. The van der Waals surface area contributed by atoms with Gasteiger partial charge in [-0.25, -0.2) is 18.4 Å². The molecule has 30 heavy (non-hydrogen) atoms. The fraction of sp³-hybridized carbons (Fsp3) is 0.368. The number of hydrogen-bond acceptors (Lipinski definition) is 9. The van der Waals surface area contributed by atoms with Crippen LogP contribution in [0.4, 0.5) is 5.82 Å². The molecule has 0 bridgehead atoms. The Bertz CT molecular complexity index is 961. The monoisotopic (exact) mass is 452 g/mol. The Hall–Kier alpha value is -2.50. The highest BCUT2D eigenvalue weighted by atomic mass is 32.2. The Labute approximate surface area is 180 Å². The van der Waals surface area contributed by atoms with Gasteiger partial charge in [-0.3, -0.25) is 14.3 Å². The number of rotatable bonds is 11. The summed E-state index contributed by atoms with van der Waals surface area (Å²) in [5, 5.41) is -0.153. The van der Waals surface area contributed by atoms with Crippen molar-refractivity contribution in [3.63, 3.8) is 0 Å². The van der Waals surface area contributed by atoms with Gasteiger partial charge in [0.15, 0.2) is 10.9 Å². The lowest BCUT2D eigenvalue weighted by molar-refractivity contribution is -0.109. The highest BCUT2D eigenvalue weighted by Crippen LogP contribution is 2.17. The van der Waals surface area contributed by atoms with Crippen LogP contribution in [0.15, 0.2) is 41.6 Å². The number of carbonyl (C=O) groups excluding carboxylic acids is 2. The van der Waals surface area contributed by atoms with Gasteiger partial charge in [0.25, 0.3) is 10.0 Å². The third-order valence-electron chi connectivity index (χ3n) is 3.75. The van der Waals surface area contributed by atoms with Crippen LogP contribution in [0, 0.1) is 0 Å². The van der Waals surface area contributed by atoms with Gasteiger partial charge < -0.3 is 9.64 Å². The zero-order chi connectivity index (χ0) is 22.1. The molecular formula is C19H24N4O5S2. The van der Waals surface area contributed by atoms with Crippen LogP contribution in [0.3, 0.4) is 0 Å². The summed E-state index contributed by atoms with van der Waals surface area (Å²) in [4.78, 5) is 32.9. The summed E-state index contributed by atoms with van der Waals surface area (Å²) >= 11 is 0.907. The van der Waals surface area contributed by atoms with Gasteiger partial charge >= 0.3 is 0 Å². The summed E-state index contributed by atoms with van der Waals surface area (Å²) in [7, 11) is 0.0502. The van der Waals surface area contributed by atoms with Crippen molar-refractivity contribution in [1.29, 1.82) is 0 Å². The third-order valence-corrected chi connectivity index (χ3v) is 5.90. The van der Waals surface area contributed by atoms with E-state index in [1.54, 1.807) is 0 Å². The second-order valence-electron chi connectivity index (χ2n) is 6.58. The van der Waals surface area contributed by atoms with Gasteiger partial charge in [-0.05, 0) is 38.7 Å². The number of nitrogens with one attached hydrogen (secondary N) is 1. The number of nitrogens with zero attached hydrogens (tertiary/aromatic N) is 3. The van der Waals surface area contributed by atoms with Crippen molar-refractivity contribution in [2.24, 2.45) is 0 Å². The van der Waals surface area contributed by atoms with Crippen molar-refractivity contribution < 1.29 is 22.7 Å². The number of anilines is 1. The van der Waals surface area contributed by atoms with E-state index < -0.39 is 10.0 Å². The molecule has 9 nitrogen and oxygen atoms in total. The molecule has 0 aromatic carbocycles. The quantitative estimate of drug-likeness (QED) is 0.404. The molecule has 2 aromatic heterocycles. The molecule has 0 spiro atoms. The predicted octanol–water partition coefficient (Wildman–Crippen LogP) is 2.07. The van der Waals surface area contributed by atoms with E-state index in [1.165, 1.54) is 43.6 Å². The molecule has 2 rings (SSSR count). The normalized spacial score (nSPS) is 11.3. The van der Waals surface area contributed by atoms with Crippen LogP contribution in [-0.2, 0) is 14.8 Å². The van der Waals surface area contributed by atoms with Crippen molar-refractivity contribution in [2.75, 3.05) is 37.7 Å². The molecule has 0 atom stereocenters. The summed E-state index contributed by atoms with van der Waals surface area (Å²) in [5.41, 5.74) is 0.295. The number of ether oxygens (including phenoxy) is 1. The number of aromatic nitrogens is 2. The summed E-state index contributed by atoms with van der Waals surface area (Å²) in [6, 6.07) is 5.73. The van der Waals surface area contributed by atoms with Crippen molar-refractivity contribution in [3.8, 4) is 5.88 Å². The Morgan fingerprint density at radius 1 is 1.13 bits per heavy atom. The molecule has 2 heterocycles. The molecule has 0 saturated carbocycles. The standard InChI is InChI=1S/C19H24N4O5S2/c1-14(24)29-13-17(25)15-5-7-18(20-11-15)22-30(26,27)16-6-8-19(21-12-16)28-10-4-9-23(2)3/h5-8,11-12H,4,9-10,13H2,1-3H3,(H,20,22). The molecule has 0 radical (unpaired) electrons. The molecule has 1 N–H and O–H groups in total. The lowest BCUT2D eigenvalue weighted by Gasteiger charge is -2.10. The van der Waals surface area contributed by atoms with Gasteiger partial charge in [-0.15, -0.1) is 0 Å². The highest BCUT2D eigenvalue weighted by Gasteiger charge is 2.16. The van der Waals surface area contributed by atoms with Gasteiger partial charge in [0.1, 0.15) is 10.7 Å². The largest absolute Gasteiger partial charge is 0.478 e. The van der Waals surface area contributed by atoms with E-state index in [4.69, 9.17) is 4.74 Å². The second kappa shape index (κ2) is 11.0. The van der Waals surface area contributed by atoms with Crippen molar-refractivity contribution >= 4 is 38.5 Å². The van der Waals surface area contributed by atoms with E-state index in [2.05, 4.69) is 14.7 Å². The first-order chi connectivity index (χ1) is 14.2. The van der Waals surface area contributed by atoms with Crippen LogP contribution in [0.5, 0.6) is 5.88 Å². The zero-order valence-electron chi connectivity index (χ0n) is 17.0. The maximum atomic E-state index is 12.5. The summed E-state index contributed by atoms with van der Waals surface area (Å²) in [6.07, 6.45) is 3.30. The Morgan fingerprint density at radius 2 is 1.90 bits per heavy atom. The van der Waals surface area contributed by atoms with Crippen molar-refractivity contribution in [1.82, 2.24) is 14.9 Å².